The van der Waals surface area contributed by atoms with Gasteiger partial charge in [0.2, 0.25) is 0 Å². The molecule has 1 aliphatic heterocycles. The molecule has 1 aliphatic carbocycles. The van der Waals surface area contributed by atoms with Crippen molar-refractivity contribution < 1.29 is 19.7 Å². The standard InChI is InChI=1S/C16H24O4/c1-11-5-3-2-4-6-12-9-13(17)10-14(12)15(18)7-8-16(19)20-11/h4,6-8,11-15,17-18H,2-3,5,9-10H2,1H3/b6-4-,8-7+/t11-,12-,13-,14-,15+/m0/s1. The molecule has 1 saturated carbocycles. The van der Waals surface area contributed by atoms with Crippen LogP contribution in [0, 0.1) is 11.8 Å². The molecule has 5 atom stereocenters. The van der Waals surface area contributed by atoms with Gasteiger partial charge in [-0.05, 0) is 56.9 Å². The summed E-state index contributed by atoms with van der Waals surface area (Å²) < 4.78 is 5.23. The van der Waals surface area contributed by atoms with E-state index in [-0.39, 0.29) is 24.0 Å². The summed E-state index contributed by atoms with van der Waals surface area (Å²) in [4.78, 5) is 11.6. The summed E-state index contributed by atoms with van der Waals surface area (Å²) >= 11 is 0. The lowest BCUT2D eigenvalue weighted by atomic mass is 9.90. The molecular weight excluding hydrogens is 256 g/mol. The highest BCUT2D eigenvalue weighted by atomic mass is 16.5. The van der Waals surface area contributed by atoms with Crippen molar-refractivity contribution in [2.24, 2.45) is 11.8 Å². The van der Waals surface area contributed by atoms with E-state index in [2.05, 4.69) is 12.2 Å². The minimum absolute atomic E-state index is 0.0246. The second-order valence-corrected chi connectivity index (χ2v) is 5.91. The lowest BCUT2D eigenvalue weighted by molar-refractivity contribution is -0.142. The molecule has 0 spiro atoms. The molecule has 4 nitrogen and oxygen atoms in total. The Kier molecular flexibility index (Phi) is 5.38. The Morgan fingerprint density at radius 3 is 2.85 bits per heavy atom. The summed E-state index contributed by atoms with van der Waals surface area (Å²) in [5.74, 6) is -0.249. The average molecular weight is 280 g/mol. The summed E-state index contributed by atoms with van der Waals surface area (Å²) in [6.07, 6.45) is 9.87. The quantitative estimate of drug-likeness (QED) is 0.526. The molecule has 4 heteroatoms. The largest absolute Gasteiger partial charge is 0.460 e. The zero-order valence-electron chi connectivity index (χ0n) is 11.9. The Bertz CT molecular complexity index is 388. The Labute approximate surface area is 120 Å². The van der Waals surface area contributed by atoms with E-state index >= 15 is 0 Å². The number of hydrogen-bond donors (Lipinski definition) is 2. The predicted molar refractivity (Wildman–Crippen MR) is 75.9 cm³/mol. The molecule has 1 heterocycles. The smallest absolute Gasteiger partial charge is 0.330 e. The normalized spacial score (nSPS) is 42.5. The van der Waals surface area contributed by atoms with Gasteiger partial charge in [0.15, 0.2) is 0 Å². The summed E-state index contributed by atoms with van der Waals surface area (Å²) in [7, 11) is 0. The summed E-state index contributed by atoms with van der Waals surface area (Å²) in [5.41, 5.74) is 0. The minimum Gasteiger partial charge on any atom is -0.460 e. The third kappa shape index (κ3) is 4.18. The number of carbonyl (C=O) groups excluding carboxylic acids is 1. The maximum atomic E-state index is 11.6. The molecule has 0 saturated heterocycles. The molecule has 112 valence electrons. The van der Waals surface area contributed by atoms with Crippen LogP contribution < -0.4 is 0 Å². The first-order chi connectivity index (χ1) is 9.56. The van der Waals surface area contributed by atoms with Crippen LogP contribution >= 0.6 is 0 Å². The van der Waals surface area contributed by atoms with Crippen molar-refractivity contribution in [3.05, 3.63) is 24.3 Å². The van der Waals surface area contributed by atoms with E-state index in [1.54, 1.807) is 0 Å². The van der Waals surface area contributed by atoms with Gasteiger partial charge < -0.3 is 14.9 Å². The monoisotopic (exact) mass is 280 g/mol. The number of fused-ring (bicyclic) bond motifs is 1. The van der Waals surface area contributed by atoms with Crippen LogP contribution in [0.2, 0.25) is 0 Å². The number of cyclic esters (lactones) is 1. The van der Waals surface area contributed by atoms with Crippen molar-refractivity contribution >= 4 is 5.97 Å². The van der Waals surface area contributed by atoms with E-state index in [0.29, 0.717) is 12.8 Å². The molecule has 0 aromatic rings. The third-order valence-electron chi connectivity index (χ3n) is 4.19. The van der Waals surface area contributed by atoms with Crippen LogP contribution in [0.4, 0.5) is 0 Å². The summed E-state index contributed by atoms with van der Waals surface area (Å²) in [6.45, 7) is 1.89. The molecule has 0 unspecified atom stereocenters. The van der Waals surface area contributed by atoms with Crippen LogP contribution in [0.15, 0.2) is 24.3 Å². The van der Waals surface area contributed by atoms with Crippen molar-refractivity contribution in [1.82, 2.24) is 0 Å². The van der Waals surface area contributed by atoms with Gasteiger partial charge in [-0.1, -0.05) is 12.2 Å². The molecule has 0 bridgehead atoms. The lowest BCUT2D eigenvalue weighted by Gasteiger charge is -2.19. The fraction of sp³-hybridized carbons (Fsp3) is 0.688. The van der Waals surface area contributed by atoms with Crippen molar-refractivity contribution in [2.45, 2.75) is 57.3 Å². The molecule has 0 amide bonds. The van der Waals surface area contributed by atoms with Crippen LogP contribution in [0.1, 0.15) is 39.0 Å². The second-order valence-electron chi connectivity index (χ2n) is 5.91. The van der Waals surface area contributed by atoms with E-state index in [0.717, 1.165) is 19.3 Å². The first-order valence-electron chi connectivity index (χ1n) is 7.48. The van der Waals surface area contributed by atoms with Gasteiger partial charge in [0, 0.05) is 6.08 Å². The second kappa shape index (κ2) is 7.04. The summed E-state index contributed by atoms with van der Waals surface area (Å²) in [5, 5.41) is 20.0. The maximum Gasteiger partial charge on any atom is 0.330 e. The van der Waals surface area contributed by atoms with Crippen LogP contribution in [-0.4, -0.2) is 34.5 Å². The molecule has 2 rings (SSSR count). The number of carbonyl (C=O) groups is 1. The van der Waals surface area contributed by atoms with Crippen LogP contribution in [-0.2, 0) is 9.53 Å². The number of rotatable bonds is 0. The molecule has 1 fully saturated rings. The van der Waals surface area contributed by atoms with Gasteiger partial charge in [-0.15, -0.1) is 0 Å². The van der Waals surface area contributed by atoms with Crippen LogP contribution in [0.5, 0.6) is 0 Å². The first kappa shape index (κ1) is 15.3. The van der Waals surface area contributed by atoms with Crippen molar-refractivity contribution in [2.75, 3.05) is 0 Å². The minimum atomic E-state index is -0.717. The third-order valence-corrected chi connectivity index (χ3v) is 4.19. The maximum absolute atomic E-state index is 11.6. The van der Waals surface area contributed by atoms with E-state index in [9.17, 15) is 15.0 Å². The van der Waals surface area contributed by atoms with Crippen molar-refractivity contribution in [1.29, 1.82) is 0 Å². The van der Waals surface area contributed by atoms with Gasteiger partial charge in [0.05, 0.1) is 18.3 Å². The Morgan fingerprint density at radius 2 is 2.05 bits per heavy atom. The Balaban J connectivity index is 2.11. The zero-order chi connectivity index (χ0) is 14.5. The molecule has 2 aliphatic rings. The van der Waals surface area contributed by atoms with Crippen LogP contribution in [0.3, 0.4) is 0 Å². The highest BCUT2D eigenvalue weighted by molar-refractivity contribution is 5.82. The van der Waals surface area contributed by atoms with E-state index in [1.807, 2.05) is 6.92 Å². The topological polar surface area (TPSA) is 66.8 Å². The molecule has 20 heavy (non-hydrogen) atoms. The number of aliphatic hydroxyl groups is 2. The van der Waals surface area contributed by atoms with E-state index in [1.165, 1.54) is 12.2 Å². The summed E-state index contributed by atoms with van der Waals surface area (Å²) in [6, 6.07) is 0. The van der Waals surface area contributed by atoms with Gasteiger partial charge in [0.25, 0.3) is 0 Å². The Hall–Kier alpha value is -1.13. The molecular formula is C16H24O4. The zero-order valence-corrected chi connectivity index (χ0v) is 11.9. The first-order valence-corrected chi connectivity index (χ1v) is 7.48. The molecule has 0 aromatic carbocycles. The number of ether oxygens (including phenoxy) is 1. The van der Waals surface area contributed by atoms with Crippen LogP contribution in [0.25, 0.3) is 0 Å². The average Bonchev–Trinajstić information content (AvgIpc) is 2.76. The lowest BCUT2D eigenvalue weighted by Crippen LogP contribution is -2.21. The highest BCUT2D eigenvalue weighted by Gasteiger charge is 2.35. The predicted octanol–water partition coefficient (Wildman–Crippen LogP) is 1.96. The number of aliphatic hydroxyl groups excluding tert-OH is 2. The molecule has 0 aromatic heterocycles. The highest BCUT2D eigenvalue weighted by Crippen LogP contribution is 2.36. The van der Waals surface area contributed by atoms with Crippen molar-refractivity contribution in [3.8, 4) is 0 Å². The number of esters is 1. The molecule has 0 radical (unpaired) electrons. The Morgan fingerprint density at radius 1 is 1.25 bits per heavy atom. The molecule has 2 N–H and O–H groups in total. The number of allylic oxidation sites excluding steroid dienone is 2. The van der Waals surface area contributed by atoms with Gasteiger partial charge in [-0.2, -0.15) is 0 Å². The van der Waals surface area contributed by atoms with E-state index < -0.39 is 12.1 Å². The van der Waals surface area contributed by atoms with E-state index in [4.69, 9.17) is 4.74 Å². The SMILES string of the molecule is C[C@H]1CCC/C=C\[C@H]2C[C@H](O)C[C@@H]2[C@H](O)/C=C/C(=O)O1. The van der Waals surface area contributed by atoms with Gasteiger partial charge in [0.1, 0.15) is 0 Å². The van der Waals surface area contributed by atoms with Gasteiger partial charge in [-0.25, -0.2) is 4.79 Å². The van der Waals surface area contributed by atoms with Gasteiger partial charge in [-0.3, -0.25) is 0 Å². The number of hydrogen-bond acceptors (Lipinski definition) is 4. The van der Waals surface area contributed by atoms with Crippen molar-refractivity contribution in [3.63, 3.8) is 0 Å². The van der Waals surface area contributed by atoms with Gasteiger partial charge >= 0.3 is 5.97 Å². The fourth-order valence-electron chi connectivity index (χ4n) is 3.10. The fourth-order valence-corrected chi connectivity index (χ4v) is 3.10.